The molecule has 2 aliphatic rings. The van der Waals surface area contributed by atoms with E-state index in [0.717, 1.165) is 43.7 Å². The van der Waals surface area contributed by atoms with Gasteiger partial charge in [-0.15, -0.1) is 0 Å². The number of carbonyl (C=O) groups is 1. The summed E-state index contributed by atoms with van der Waals surface area (Å²) in [6, 6.07) is 3.45. The second kappa shape index (κ2) is 6.93. The van der Waals surface area contributed by atoms with Gasteiger partial charge in [-0.3, -0.25) is 19.3 Å². The van der Waals surface area contributed by atoms with E-state index in [4.69, 9.17) is 4.98 Å². The number of H-pyrrole nitrogens is 1. The van der Waals surface area contributed by atoms with Crippen molar-refractivity contribution in [2.75, 3.05) is 31.1 Å². The normalized spacial score (nSPS) is 20.1. The van der Waals surface area contributed by atoms with Gasteiger partial charge in [0.25, 0.3) is 5.56 Å². The first kappa shape index (κ1) is 16.8. The number of aromatic amines is 1. The number of amides is 1. The first-order valence-electron chi connectivity index (χ1n) is 9.21. The summed E-state index contributed by atoms with van der Waals surface area (Å²) in [5.74, 6) is 0.888. The molecule has 8 nitrogen and oxygen atoms in total. The van der Waals surface area contributed by atoms with Crippen molar-refractivity contribution in [2.45, 2.75) is 31.6 Å². The van der Waals surface area contributed by atoms with E-state index in [9.17, 15) is 9.59 Å². The van der Waals surface area contributed by atoms with E-state index in [1.165, 1.54) is 0 Å². The fourth-order valence-corrected chi connectivity index (χ4v) is 3.82. The van der Waals surface area contributed by atoms with E-state index in [-0.39, 0.29) is 17.4 Å². The van der Waals surface area contributed by atoms with E-state index in [2.05, 4.69) is 15.0 Å². The second-order valence-electron chi connectivity index (χ2n) is 7.14. The highest BCUT2D eigenvalue weighted by atomic mass is 16.2. The van der Waals surface area contributed by atoms with Crippen LogP contribution in [-0.4, -0.2) is 56.7 Å². The molecule has 138 valence electrons. The number of hydrogen-bond donors (Lipinski definition) is 1. The molecule has 1 unspecified atom stereocenters. The van der Waals surface area contributed by atoms with Gasteiger partial charge in [0.05, 0.1) is 12.1 Å². The van der Waals surface area contributed by atoms with E-state index in [1.807, 2.05) is 18.0 Å². The van der Waals surface area contributed by atoms with Crippen molar-refractivity contribution >= 4 is 11.9 Å². The molecule has 0 radical (unpaired) electrons. The molecule has 1 N–H and O–H groups in total. The maximum Gasteiger partial charge on any atom is 0.252 e. The predicted molar refractivity (Wildman–Crippen MR) is 97.2 cm³/mol. The number of hydrogen-bond acceptors (Lipinski definition) is 5. The zero-order valence-corrected chi connectivity index (χ0v) is 15.0. The molecule has 4 rings (SSSR count). The highest BCUT2D eigenvalue weighted by Gasteiger charge is 2.29. The Morgan fingerprint density at radius 1 is 1.31 bits per heavy atom. The maximum absolute atomic E-state index is 12.6. The Balaban J connectivity index is 1.46. The summed E-state index contributed by atoms with van der Waals surface area (Å²) < 4.78 is 1.73. The summed E-state index contributed by atoms with van der Waals surface area (Å²) in [6.07, 6.45) is 5.16. The van der Waals surface area contributed by atoms with Gasteiger partial charge >= 0.3 is 0 Å². The molecule has 8 heteroatoms. The van der Waals surface area contributed by atoms with Crippen molar-refractivity contribution < 1.29 is 4.79 Å². The first-order valence-corrected chi connectivity index (χ1v) is 9.21. The second-order valence-corrected chi connectivity index (χ2v) is 7.14. The zero-order chi connectivity index (χ0) is 18.1. The molecular weight excluding hydrogens is 332 g/mol. The third-order valence-electron chi connectivity index (χ3n) is 5.37. The minimum Gasteiger partial charge on any atom is -0.342 e. The average molecular weight is 356 g/mol. The lowest BCUT2D eigenvalue weighted by atomic mass is 10.1. The molecule has 0 aromatic carbocycles. The Kier molecular flexibility index (Phi) is 4.48. The van der Waals surface area contributed by atoms with E-state index < -0.39 is 0 Å². The van der Waals surface area contributed by atoms with E-state index >= 15 is 0 Å². The minimum absolute atomic E-state index is 0.0979. The van der Waals surface area contributed by atoms with Crippen LogP contribution in [0.3, 0.4) is 0 Å². The number of nitrogens with one attached hydrogen (secondary N) is 1. The van der Waals surface area contributed by atoms with Crippen LogP contribution in [0.5, 0.6) is 0 Å². The van der Waals surface area contributed by atoms with E-state index in [0.29, 0.717) is 25.5 Å². The van der Waals surface area contributed by atoms with Crippen LogP contribution in [0.25, 0.3) is 0 Å². The smallest absolute Gasteiger partial charge is 0.252 e. The summed E-state index contributed by atoms with van der Waals surface area (Å²) in [5, 5.41) is 4.11. The van der Waals surface area contributed by atoms with Crippen LogP contribution in [0.1, 0.15) is 36.6 Å². The third kappa shape index (κ3) is 3.36. The van der Waals surface area contributed by atoms with Gasteiger partial charge in [0.15, 0.2) is 0 Å². The Bertz CT molecular complexity index is 851. The van der Waals surface area contributed by atoms with Gasteiger partial charge < -0.3 is 9.80 Å². The molecule has 1 atom stereocenters. The maximum atomic E-state index is 12.6. The van der Waals surface area contributed by atoms with Crippen molar-refractivity contribution in [1.82, 2.24) is 24.6 Å². The fourth-order valence-electron chi connectivity index (χ4n) is 3.82. The van der Waals surface area contributed by atoms with Crippen molar-refractivity contribution in [3.8, 4) is 0 Å². The number of aromatic nitrogens is 4. The topological polar surface area (TPSA) is 87.1 Å². The molecule has 1 amide bonds. The molecule has 2 aromatic rings. The summed E-state index contributed by atoms with van der Waals surface area (Å²) >= 11 is 0. The lowest BCUT2D eigenvalue weighted by Gasteiger charge is -2.19. The molecule has 0 saturated carbocycles. The van der Waals surface area contributed by atoms with Crippen LogP contribution in [0, 0.1) is 0 Å². The van der Waals surface area contributed by atoms with Crippen LogP contribution in [0.4, 0.5) is 5.95 Å². The van der Waals surface area contributed by atoms with Crippen LogP contribution in [0.15, 0.2) is 23.1 Å². The highest BCUT2D eigenvalue weighted by molar-refractivity contribution is 5.78. The lowest BCUT2D eigenvalue weighted by Crippen LogP contribution is -2.31. The SMILES string of the molecule is Cn1nccc1CC(=O)N1CCC(c2cc(=O)[nH]c(N3CCCC3)n2)C1. The number of aryl methyl sites for hydroxylation is 1. The van der Waals surface area contributed by atoms with Crippen molar-refractivity contribution in [1.29, 1.82) is 0 Å². The molecule has 2 fully saturated rings. The van der Waals surface area contributed by atoms with Gasteiger partial charge in [0, 0.05) is 57.1 Å². The van der Waals surface area contributed by atoms with Crippen molar-refractivity contribution in [2.24, 2.45) is 7.05 Å². The molecule has 0 aliphatic carbocycles. The molecule has 0 spiro atoms. The molecule has 2 saturated heterocycles. The quantitative estimate of drug-likeness (QED) is 0.870. The van der Waals surface area contributed by atoms with E-state index in [1.54, 1.807) is 16.9 Å². The minimum atomic E-state index is -0.114. The molecule has 0 bridgehead atoms. The summed E-state index contributed by atoms with van der Waals surface area (Å²) in [5.41, 5.74) is 1.59. The van der Waals surface area contributed by atoms with Crippen LogP contribution >= 0.6 is 0 Å². The third-order valence-corrected chi connectivity index (χ3v) is 5.37. The average Bonchev–Trinajstić information content (AvgIpc) is 3.37. The number of anilines is 1. The number of carbonyl (C=O) groups excluding carboxylic acids is 1. The Morgan fingerprint density at radius 2 is 2.12 bits per heavy atom. The Morgan fingerprint density at radius 3 is 2.85 bits per heavy atom. The molecule has 2 aromatic heterocycles. The van der Waals surface area contributed by atoms with Gasteiger partial charge in [0.2, 0.25) is 11.9 Å². The predicted octanol–water partition coefficient (Wildman–Crippen LogP) is 0.662. The molecule has 2 aliphatic heterocycles. The molecule has 26 heavy (non-hydrogen) atoms. The summed E-state index contributed by atoms with van der Waals surface area (Å²) in [4.78, 5) is 36.2. The van der Waals surface area contributed by atoms with Gasteiger partial charge in [-0.05, 0) is 25.3 Å². The number of rotatable bonds is 4. The number of nitrogens with zero attached hydrogens (tertiary/aromatic N) is 5. The largest absolute Gasteiger partial charge is 0.342 e. The van der Waals surface area contributed by atoms with Gasteiger partial charge in [-0.2, -0.15) is 5.10 Å². The summed E-state index contributed by atoms with van der Waals surface area (Å²) in [6.45, 7) is 3.19. The van der Waals surface area contributed by atoms with Crippen LogP contribution in [0.2, 0.25) is 0 Å². The van der Waals surface area contributed by atoms with Gasteiger partial charge in [0.1, 0.15) is 0 Å². The van der Waals surface area contributed by atoms with Crippen LogP contribution in [-0.2, 0) is 18.3 Å². The van der Waals surface area contributed by atoms with Crippen LogP contribution < -0.4 is 10.5 Å². The fraction of sp³-hybridized carbons (Fsp3) is 0.556. The monoisotopic (exact) mass is 356 g/mol. The Hall–Kier alpha value is -2.64. The number of likely N-dealkylation sites (tertiary alicyclic amines) is 1. The Labute approximate surface area is 151 Å². The van der Waals surface area contributed by atoms with Crippen molar-refractivity contribution in [3.63, 3.8) is 0 Å². The molecular formula is C18H24N6O2. The lowest BCUT2D eigenvalue weighted by molar-refractivity contribution is -0.129. The van der Waals surface area contributed by atoms with Gasteiger partial charge in [-0.25, -0.2) is 4.98 Å². The zero-order valence-electron chi connectivity index (χ0n) is 15.0. The summed E-state index contributed by atoms with van der Waals surface area (Å²) in [7, 11) is 1.84. The molecule has 4 heterocycles. The van der Waals surface area contributed by atoms with Gasteiger partial charge in [-0.1, -0.05) is 0 Å². The van der Waals surface area contributed by atoms with Crippen molar-refractivity contribution in [3.05, 3.63) is 40.1 Å². The first-order chi connectivity index (χ1) is 12.6. The highest BCUT2D eigenvalue weighted by Crippen LogP contribution is 2.27. The standard InChI is InChI=1S/C18H24N6O2/c1-22-14(4-6-19-22)10-17(26)24-9-5-13(12-24)15-11-16(25)21-18(20-15)23-7-2-3-8-23/h4,6,11,13H,2-3,5,7-10,12H2,1H3,(H,20,21,25).